The van der Waals surface area contributed by atoms with Crippen LogP contribution in [-0.2, 0) is 6.42 Å². The molecule has 0 fully saturated rings. The second-order valence-electron chi connectivity index (χ2n) is 5.63. The van der Waals surface area contributed by atoms with E-state index in [-0.39, 0.29) is 0 Å². The average Bonchev–Trinajstić information content (AvgIpc) is 3.04. The molecular formula is C17H18N2O. The maximum absolute atomic E-state index is 5.86. The van der Waals surface area contributed by atoms with Gasteiger partial charge >= 0.3 is 0 Å². The van der Waals surface area contributed by atoms with Crippen LogP contribution in [0.25, 0.3) is 0 Å². The number of fused-ring (bicyclic) bond motifs is 2. The minimum absolute atomic E-state index is 0.467. The van der Waals surface area contributed by atoms with Gasteiger partial charge in [0.25, 0.3) is 0 Å². The fourth-order valence-corrected chi connectivity index (χ4v) is 3.33. The third-order valence-electron chi connectivity index (χ3n) is 4.33. The zero-order valence-electron chi connectivity index (χ0n) is 11.4. The van der Waals surface area contributed by atoms with Crippen LogP contribution in [0, 0.1) is 0 Å². The Bertz CT molecular complexity index is 653. The molecule has 0 saturated heterocycles. The number of para-hydroxylation sites is 1. The smallest absolute Gasteiger partial charge is 0.122 e. The third-order valence-corrected chi connectivity index (χ3v) is 4.33. The fourth-order valence-electron chi connectivity index (χ4n) is 3.33. The van der Waals surface area contributed by atoms with Crippen LogP contribution in [0.3, 0.4) is 0 Å². The van der Waals surface area contributed by atoms with Gasteiger partial charge in [-0.25, -0.2) is 0 Å². The summed E-state index contributed by atoms with van der Waals surface area (Å²) in [7, 11) is 0. The van der Waals surface area contributed by atoms with E-state index in [1.54, 1.807) is 0 Å². The predicted molar refractivity (Wildman–Crippen MR) is 81.4 cm³/mol. The first-order valence-electron chi connectivity index (χ1n) is 7.16. The molecule has 102 valence electrons. The van der Waals surface area contributed by atoms with Gasteiger partial charge in [-0.15, -0.1) is 0 Å². The highest BCUT2D eigenvalue weighted by molar-refractivity contribution is 5.63. The van der Waals surface area contributed by atoms with E-state index in [0.717, 1.165) is 37.6 Å². The highest BCUT2D eigenvalue weighted by Gasteiger charge is 2.28. The lowest BCUT2D eigenvalue weighted by Gasteiger charge is -2.23. The molecule has 2 aliphatic heterocycles. The number of anilines is 2. The molecule has 0 saturated carbocycles. The Labute approximate surface area is 119 Å². The van der Waals surface area contributed by atoms with E-state index in [2.05, 4.69) is 35.2 Å². The monoisotopic (exact) mass is 266 g/mol. The summed E-state index contributed by atoms with van der Waals surface area (Å²) >= 11 is 0. The maximum atomic E-state index is 5.86. The number of ether oxygens (including phenoxy) is 1. The molecule has 0 aromatic heterocycles. The van der Waals surface area contributed by atoms with E-state index >= 15 is 0 Å². The summed E-state index contributed by atoms with van der Waals surface area (Å²) in [6, 6.07) is 14.6. The van der Waals surface area contributed by atoms with Crippen LogP contribution < -0.4 is 15.4 Å². The summed E-state index contributed by atoms with van der Waals surface area (Å²) in [6.45, 7) is 2.89. The first kappa shape index (κ1) is 11.6. The van der Waals surface area contributed by atoms with Gasteiger partial charge in [-0.05, 0) is 36.2 Å². The molecule has 20 heavy (non-hydrogen) atoms. The molecule has 0 bridgehead atoms. The molecule has 0 spiro atoms. The van der Waals surface area contributed by atoms with Crippen molar-refractivity contribution in [1.82, 2.24) is 0 Å². The van der Waals surface area contributed by atoms with Crippen LogP contribution >= 0.6 is 0 Å². The molecule has 2 aliphatic rings. The number of nitrogens with zero attached hydrogens (tertiary/aromatic N) is 1. The van der Waals surface area contributed by atoms with Crippen LogP contribution in [0.2, 0.25) is 0 Å². The standard InChI is InChI=1S/C17H18N2O/c18-14-5-6-16-12(9-14)7-8-19(16)10-13-11-20-17-4-2-1-3-15(13)17/h1-6,9,13H,7-8,10-11,18H2. The van der Waals surface area contributed by atoms with E-state index in [4.69, 9.17) is 10.5 Å². The van der Waals surface area contributed by atoms with Gasteiger partial charge in [-0.3, -0.25) is 0 Å². The zero-order valence-corrected chi connectivity index (χ0v) is 11.4. The molecule has 3 nitrogen and oxygen atoms in total. The molecule has 4 rings (SSSR count). The van der Waals surface area contributed by atoms with Gasteiger partial charge in [0, 0.05) is 35.9 Å². The second kappa shape index (κ2) is 4.44. The van der Waals surface area contributed by atoms with Crippen LogP contribution in [-0.4, -0.2) is 19.7 Å². The first-order chi connectivity index (χ1) is 9.81. The Kier molecular flexibility index (Phi) is 2.59. The van der Waals surface area contributed by atoms with Crippen molar-refractivity contribution < 1.29 is 4.74 Å². The van der Waals surface area contributed by atoms with Crippen molar-refractivity contribution in [1.29, 1.82) is 0 Å². The summed E-state index contributed by atoms with van der Waals surface area (Å²) < 4.78 is 5.78. The first-order valence-corrected chi connectivity index (χ1v) is 7.16. The highest BCUT2D eigenvalue weighted by atomic mass is 16.5. The lowest BCUT2D eigenvalue weighted by atomic mass is 10.0. The number of nitrogens with two attached hydrogens (primary N) is 1. The van der Waals surface area contributed by atoms with Crippen LogP contribution in [0.5, 0.6) is 5.75 Å². The van der Waals surface area contributed by atoms with E-state index in [9.17, 15) is 0 Å². The molecule has 1 unspecified atom stereocenters. The molecule has 1 atom stereocenters. The van der Waals surface area contributed by atoms with Crippen molar-refractivity contribution in [3.05, 3.63) is 53.6 Å². The topological polar surface area (TPSA) is 38.5 Å². The van der Waals surface area contributed by atoms with Crippen LogP contribution in [0.1, 0.15) is 17.0 Å². The number of hydrogen-bond donors (Lipinski definition) is 1. The highest BCUT2D eigenvalue weighted by Crippen LogP contribution is 2.37. The van der Waals surface area contributed by atoms with Crippen LogP contribution in [0.15, 0.2) is 42.5 Å². The Morgan fingerprint density at radius 3 is 3.05 bits per heavy atom. The lowest BCUT2D eigenvalue weighted by Crippen LogP contribution is -2.27. The Hall–Kier alpha value is -2.16. The average molecular weight is 266 g/mol. The van der Waals surface area contributed by atoms with Gasteiger partial charge in [0.05, 0.1) is 6.61 Å². The summed E-state index contributed by atoms with van der Waals surface area (Å²) in [5.74, 6) is 1.52. The quantitative estimate of drug-likeness (QED) is 0.849. The predicted octanol–water partition coefficient (Wildman–Crippen LogP) is 2.81. The fraction of sp³-hybridized carbons (Fsp3) is 0.294. The normalized spacial score (nSPS) is 19.6. The second-order valence-corrected chi connectivity index (χ2v) is 5.63. The summed E-state index contributed by atoms with van der Waals surface area (Å²) in [4.78, 5) is 2.46. The van der Waals surface area contributed by atoms with Gasteiger partial charge < -0.3 is 15.4 Å². The largest absolute Gasteiger partial charge is 0.493 e. The number of hydrogen-bond acceptors (Lipinski definition) is 3. The van der Waals surface area contributed by atoms with Gasteiger partial charge in [0.2, 0.25) is 0 Å². The molecule has 0 aliphatic carbocycles. The van der Waals surface area contributed by atoms with E-state index in [0.29, 0.717) is 5.92 Å². The van der Waals surface area contributed by atoms with Gasteiger partial charge in [-0.2, -0.15) is 0 Å². The van der Waals surface area contributed by atoms with Gasteiger partial charge in [-0.1, -0.05) is 18.2 Å². The van der Waals surface area contributed by atoms with Crippen LogP contribution in [0.4, 0.5) is 11.4 Å². The van der Waals surface area contributed by atoms with Crippen molar-refractivity contribution >= 4 is 11.4 Å². The molecule has 2 N–H and O–H groups in total. The Morgan fingerprint density at radius 1 is 1.20 bits per heavy atom. The van der Waals surface area contributed by atoms with Crippen molar-refractivity contribution in [2.75, 3.05) is 30.3 Å². The van der Waals surface area contributed by atoms with E-state index < -0.39 is 0 Å². The Balaban J connectivity index is 1.58. The Morgan fingerprint density at radius 2 is 2.10 bits per heavy atom. The van der Waals surface area contributed by atoms with Gasteiger partial charge in [0.15, 0.2) is 0 Å². The number of benzene rings is 2. The molecule has 3 heteroatoms. The molecular weight excluding hydrogens is 248 g/mol. The molecule has 0 amide bonds. The van der Waals surface area contributed by atoms with Gasteiger partial charge in [0.1, 0.15) is 5.75 Å². The van der Waals surface area contributed by atoms with E-state index in [1.807, 2.05) is 12.1 Å². The molecule has 0 radical (unpaired) electrons. The maximum Gasteiger partial charge on any atom is 0.122 e. The summed E-state index contributed by atoms with van der Waals surface area (Å²) in [6.07, 6.45) is 1.09. The number of nitrogen functional groups attached to an aromatic ring is 1. The molecule has 2 aromatic carbocycles. The van der Waals surface area contributed by atoms with Crippen molar-refractivity contribution in [3.8, 4) is 5.75 Å². The SMILES string of the molecule is Nc1ccc2c(c1)CCN2CC1COc2ccccc21. The number of rotatable bonds is 2. The van der Waals surface area contributed by atoms with E-state index in [1.165, 1.54) is 16.8 Å². The lowest BCUT2D eigenvalue weighted by molar-refractivity contribution is 0.331. The summed E-state index contributed by atoms with van der Waals surface area (Å²) in [5.41, 5.74) is 10.8. The molecule has 2 aromatic rings. The third kappa shape index (κ3) is 1.82. The summed E-state index contributed by atoms with van der Waals surface area (Å²) in [5, 5.41) is 0. The van der Waals surface area contributed by atoms with Crippen molar-refractivity contribution in [2.24, 2.45) is 0 Å². The van der Waals surface area contributed by atoms with Crippen molar-refractivity contribution in [2.45, 2.75) is 12.3 Å². The minimum atomic E-state index is 0.467. The molecule has 2 heterocycles. The minimum Gasteiger partial charge on any atom is -0.493 e. The van der Waals surface area contributed by atoms with Crippen molar-refractivity contribution in [3.63, 3.8) is 0 Å². The zero-order chi connectivity index (χ0) is 13.5.